The second-order valence-electron chi connectivity index (χ2n) is 4.16. The lowest BCUT2D eigenvalue weighted by Gasteiger charge is -2.08. The van der Waals surface area contributed by atoms with E-state index in [1.165, 1.54) is 6.07 Å². The zero-order valence-corrected chi connectivity index (χ0v) is 10.3. The van der Waals surface area contributed by atoms with E-state index < -0.39 is 0 Å². The van der Waals surface area contributed by atoms with Gasteiger partial charge in [0.15, 0.2) is 0 Å². The van der Waals surface area contributed by atoms with Crippen molar-refractivity contribution in [2.45, 2.75) is 11.8 Å². The molecular weight excluding hydrogens is 252 g/mol. The van der Waals surface area contributed by atoms with Crippen molar-refractivity contribution < 1.29 is 4.74 Å². The summed E-state index contributed by atoms with van der Waals surface area (Å²) in [5, 5.41) is 0. The van der Waals surface area contributed by atoms with Crippen LogP contribution in [0.25, 0.3) is 0 Å². The number of benzene rings is 1. The molecule has 3 rings (SSSR count). The summed E-state index contributed by atoms with van der Waals surface area (Å²) in [6, 6.07) is 9.19. The first-order valence-corrected chi connectivity index (χ1v) is 6.19. The van der Waals surface area contributed by atoms with Gasteiger partial charge in [-0.3, -0.25) is 4.79 Å². The number of aromatic nitrogens is 2. The summed E-state index contributed by atoms with van der Waals surface area (Å²) in [5.74, 6) is 1.66. The third-order valence-corrected chi connectivity index (χ3v) is 3.25. The van der Waals surface area contributed by atoms with Crippen LogP contribution in [0.15, 0.2) is 35.1 Å². The average Bonchev–Trinajstić information content (AvgIpc) is 2.81. The number of nitrogens with zero attached hydrogens (tertiary/aromatic N) is 1. The normalized spacial score (nSPS) is 17.3. The minimum absolute atomic E-state index is 0.0305. The number of ether oxygens (including phenoxy) is 1. The molecule has 1 aliphatic rings. The van der Waals surface area contributed by atoms with Crippen molar-refractivity contribution in [3.05, 3.63) is 57.8 Å². The van der Waals surface area contributed by atoms with Crippen molar-refractivity contribution >= 4 is 11.6 Å². The molecule has 2 heterocycles. The lowest BCUT2D eigenvalue weighted by Crippen LogP contribution is -2.16. The van der Waals surface area contributed by atoms with Crippen LogP contribution in [0.2, 0.25) is 0 Å². The molecule has 4 nitrogen and oxygen atoms in total. The Hall–Kier alpha value is -1.81. The number of rotatable bonds is 2. The van der Waals surface area contributed by atoms with Crippen molar-refractivity contribution in [3.8, 4) is 5.75 Å². The molecule has 2 aromatic rings. The Bertz CT molecular complexity index is 639. The van der Waals surface area contributed by atoms with Gasteiger partial charge in [-0.15, -0.1) is 11.6 Å². The highest BCUT2D eigenvalue weighted by Gasteiger charge is 2.27. The maximum atomic E-state index is 11.5. The summed E-state index contributed by atoms with van der Waals surface area (Å²) in [4.78, 5) is 18.7. The van der Waals surface area contributed by atoms with Crippen molar-refractivity contribution in [2.75, 3.05) is 6.61 Å². The Morgan fingerprint density at radius 2 is 2.28 bits per heavy atom. The molecule has 0 aliphatic carbocycles. The Morgan fingerprint density at radius 3 is 3.11 bits per heavy atom. The predicted octanol–water partition coefficient (Wildman–Crippen LogP) is 2.03. The van der Waals surface area contributed by atoms with Gasteiger partial charge in [0.2, 0.25) is 0 Å². The molecule has 0 radical (unpaired) electrons. The molecule has 1 unspecified atom stereocenters. The molecule has 1 N–H and O–H groups in total. The van der Waals surface area contributed by atoms with Crippen LogP contribution in [0, 0.1) is 0 Å². The van der Waals surface area contributed by atoms with E-state index in [4.69, 9.17) is 16.3 Å². The van der Waals surface area contributed by atoms with Crippen LogP contribution in [0.5, 0.6) is 5.75 Å². The molecule has 0 fully saturated rings. The number of hydrogen-bond acceptors (Lipinski definition) is 3. The second-order valence-corrected chi connectivity index (χ2v) is 4.42. The molecule has 0 amide bonds. The zero-order chi connectivity index (χ0) is 12.5. The van der Waals surface area contributed by atoms with Crippen LogP contribution in [0.3, 0.4) is 0 Å². The number of aromatic amines is 1. The Kier molecular flexibility index (Phi) is 2.80. The summed E-state index contributed by atoms with van der Waals surface area (Å²) in [7, 11) is 0. The summed E-state index contributed by atoms with van der Waals surface area (Å²) < 4.78 is 5.58. The number of halogens is 1. The van der Waals surface area contributed by atoms with Crippen molar-refractivity contribution in [1.29, 1.82) is 0 Å². The van der Waals surface area contributed by atoms with E-state index in [9.17, 15) is 4.79 Å². The van der Waals surface area contributed by atoms with Crippen molar-refractivity contribution in [3.63, 3.8) is 0 Å². The van der Waals surface area contributed by atoms with E-state index in [0.717, 1.165) is 11.3 Å². The van der Waals surface area contributed by atoms with Crippen LogP contribution >= 0.6 is 11.6 Å². The van der Waals surface area contributed by atoms with E-state index in [0.29, 0.717) is 18.1 Å². The molecular formula is C13H11ClN2O2. The molecule has 0 bridgehead atoms. The van der Waals surface area contributed by atoms with Gasteiger partial charge in [-0.05, 0) is 6.07 Å². The SMILES string of the molecule is O=c1cc(CCl)nc(C2COc3ccccc32)[nH]1. The first-order valence-electron chi connectivity index (χ1n) is 5.66. The van der Waals surface area contributed by atoms with Crippen LogP contribution in [0.1, 0.15) is 23.0 Å². The maximum Gasteiger partial charge on any atom is 0.251 e. The van der Waals surface area contributed by atoms with Crippen LogP contribution in [-0.4, -0.2) is 16.6 Å². The minimum atomic E-state index is -0.181. The molecule has 18 heavy (non-hydrogen) atoms. The molecule has 5 heteroatoms. The van der Waals surface area contributed by atoms with Gasteiger partial charge in [0.05, 0.1) is 17.5 Å². The lowest BCUT2D eigenvalue weighted by atomic mass is 10.0. The summed E-state index contributed by atoms with van der Waals surface area (Å²) >= 11 is 5.73. The van der Waals surface area contributed by atoms with Gasteiger partial charge < -0.3 is 9.72 Å². The quantitative estimate of drug-likeness (QED) is 0.843. The standard InChI is InChI=1S/C13H11ClN2O2/c14-6-8-5-12(17)16-13(15-8)10-7-18-11-4-2-1-3-9(10)11/h1-5,10H,6-7H2,(H,15,16,17). The fourth-order valence-corrected chi connectivity index (χ4v) is 2.29. The summed E-state index contributed by atoms with van der Waals surface area (Å²) in [6.07, 6.45) is 0. The van der Waals surface area contributed by atoms with E-state index in [2.05, 4.69) is 9.97 Å². The van der Waals surface area contributed by atoms with E-state index in [-0.39, 0.29) is 17.4 Å². The largest absolute Gasteiger partial charge is 0.492 e. The lowest BCUT2D eigenvalue weighted by molar-refractivity contribution is 0.339. The van der Waals surface area contributed by atoms with Gasteiger partial charge >= 0.3 is 0 Å². The molecule has 1 atom stereocenters. The van der Waals surface area contributed by atoms with Crippen LogP contribution in [-0.2, 0) is 5.88 Å². The van der Waals surface area contributed by atoms with Gasteiger partial charge in [0, 0.05) is 11.6 Å². The predicted molar refractivity (Wildman–Crippen MR) is 68.2 cm³/mol. The van der Waals surface area contributed by atoms with E-state index in [1.54, 1.807) is 0 Å². The number of H-pyrrole nitrogens is 1. The van der Waals surface area contributed by atoms with Crippen LogP contribution < -0.4 is 10.3 Å². The third kappa shape index (κ3) is 1.88. The first-order chi connectivity index (χ1) is 8.78. The number of alkyl halides is 1. The number of hydrogen-bond donors (Lipinski definition) is 1. The number of fused-ring (bicyclic) bond motifs is 1. The Labute approximate surface area is 109 Å². The first kappa shape index (κ1) is 11.3. The molecule has 0 saturated carbocycles. The number of para-hydroxylation sites is 1. The maximum absolute atomic E-state index is 11.5. The van der Waals surface area contributed by atoms with Crippen molar-refractivity contribution in [1.82, 2.24) is 9.97 Å². The van der Waals surface area contributed by atoms with E-state index >= 15 is 0 Å². The van der Waals surface area contributed by atoms with Gasteiger partial charge in [-0.2, -0.15) is 0 Å². The molecule has 1 aromatic heterocycles. The molecule has 92 valence electrons. The summed E-state index contributed by atoms with van der Waals surface area (Å²) in [6.45, 7) is 0.494. The van der Waals surface area contributed by atoms with Crippen LogP contribution in [0.4, 0.5) is 0 Å². The molecule has 1 aromatic carbocycles. The molecule has 0 saturated heterocycles. The smallest absolute Gasteiger partial charge is 0.251 e. The second kappa shape index (κ2) is 4.46. The minimum Gasteiger partial charge on any atom is -0.492 e. The Balaban J connectivity index is 2.07. The molecule has 1 aliphatic heterocycles. The van der Waals surface area contributed by atoms with Gasteiger partial charge in [0.1, 0.15) is 18.2 Å². The fourth-order valence-electron chi connectivity index (χ4n) is 2.15. The number of nitrogens with one attached hydrogen (secondary N) is 1. The summed E-state index contributed by atoms with van der Waals surface area (Å²) in [5.41, 5.74) is 1.45. The zero-order valence-electron chi connectivity index (χ0n) is 9.52. The average molecular weight is 263 g/mol. The topological polar surface area (TPSA) is 55.0 Å². The third-order valence-electron chi connectivity index (χ3n) is 2.98. The van der Waals surface area contributed by atoms with Crippen molar-refractivity contribution in [2.24, 2.45) is 0 Å². The van der Waals surface area contributed by atoms with Gasteiger partial charge in [-0.1, -0.05) is 18.2 Å². The highest BCUT2D eigenvalue weighted by Crippen LogP contribution is 2.36. The van der Waals surface area contributed by atoms with Gasteiger partial charge in [-0.25, -0.2) is 4.98 Å². The van der Waals surface area contributed by atoms with E-state index in [1.807, 2.05) is 24.3 Å². The fraction of sp³-hybridized carbons (Fsp3) is 0.231. The highest BCUT2D eigenvalue weighted by atomic mass is 35.5. The monoisotopic (exact) mass is 262 g/mol. The molecule has 0 spiro atoms. The highest BCUT2D eigenvalue weighted by molar-refractivity contribution is 6.16. The van der Waals surface area contributed by atoms with Gasteiger partial charge in [0.25, 0.3) is 5.56 Å². The Morgan fingerprint density at radius 1 is 1.44 bits per heavy atom.